The molecule has 0 fully saturated rings. The number of aromatic nitrogens is 1. The topological polar surface area (TPSA) is 39.2 Å². The summed E-state index contributed by atoms with van der Waals surface area (Å²) >= 11 is 0. The molecule has 0 saturated heterocycles. The monoisotopic (exact) mass is 277 g/mol. The number of rotatable bonds is 3. The van der Waals surface area contributed by atoms with Crippen molar-refractivity contribution in [3.63, 3.8) is 0 Å². The Bertz CT molecular complexity index is 824. The zero-order valence-corrected chi connectivity index (χ0v) is 12.0. The van der Waals surface area contributed by atoms with Crippen LogP contribution in [0.2, 0.25) is 0 Å². The first-order valence-corrected chi connectivity index (χ1v) is 6.79. The number of hydrogen-bond acceptors (Lipinski definition) is 3. The SMILES string of the molecule is CC(=O)c1cccc(Oc2cccc3ccc(C)nc23)c1. The highest BCUT2D eigenvalue weighted by Crippen LogP contribution is 2.29. The normalized spacial score (nSPS) is 10.6. The lowest BCUT2D eigenvalue weighted by Crippen LogP contribution is -1.93. The van der Waals surface area contributed by atoms with Crippen molar-refractivity contribution in [2.45, 2.75) is 13.8 Å². The molecule has 0 bridgehead atoms. The highest BCUT2D eigenvalue weighted by atomic mass is 16.5. The maximum atomic E-state index is 11.4. The van der Waals surface area contributed by atoms with Gasteiger partial charge in [0.15, 0.2) is 11.5 Å². The molecule has 21 heavy (non-hydrogen) atoms. The molecular weight excluding hydrogens is 262 g/mol. The number of fused-ring (bicyclic) bond motifs is 1. The number of para-hydroxylation sites is 1. The van der Waals surface area contributed by atoms with Gasteiger partial charge in [-0.2, -0.15) is 0 Å². The molecule has 0 unspecified atom stereocenters. The largest absolute Gasteiger partial charge is 0.455 e. The molecule has 2 aromatic carbocycles. The van der Waals surface area contributed by atoms with Crippen LogP contribution in [-0.2, 0) is 0 Å². The Kier molecular flexibility index (Phi) is 3.40. The zero-order chi connectivity index (χ0) is 14.8. The van der Waals surface area contributed by atoms with Crippen molar-refractivity contribution < 1.29 is 9.53 Å². The number of carbonyl (C=O) groups is 1. The molecule has 3 aromatic rings. The molecule has 0 N–H and O–H groups in total. The summed E-state index contributed by atoms with van der Waals surface area (Å²) in [6, 6.07) is 17.0. The van der Waals surface area contributed by atoms with Gasteiger partial charge in [-0.3, -0.25) is 4.79 Å². The van der Waals surface area contributed by atoms with Crippen molar-refractivity contribution in [1.29, 1.82) is 0 Å². The molecule has 0 aliphatic rings. The fourth-order valence-electron chi connectivity index (χ4n) is 2.21. The molecule has 3 rings (SSSR count). The van der Waals surface area contributed by atoms with Crippen molar-refractivity contribution in [3.8, 4) is 11.5 Å². The lowest BCUT2D eigenvalue weighted by atomic mass is 10.1. The maximum absolute atomic E-state index is 11.4. The Morgan fingerprint density at radius 2 is 1.86 bits per heavy atom. The van der Waals surface area contributed by atoms with Crippen LogP contribution in [0.5, 0.6) is 11.5 Å². The number of carbonyl (C=O) groups excluding carboxylic acids is 1. The molecule has 0 amide bonds. The van der Waals surface area contributed by atoms with Gasteiger partial charge in [0, 0.05) is 16.6 Å². The first-order chi connectivity index (χ1) is 10.1. The van der Waals surface area contributed by atoms with Gasteiger partial charge < -0.3 is 4.74 Å². The number of nitrogens with zero attached hydrogens (tertiary/aromatic N) is 1. The van der Waals surface area contributed by atoms with E-state index in [9.17, 15) is 4.79 Å². The van der Waals surface area contributed by atoms with Gasteiger partial charge in [-0.15, -0.1) is 0 Å². The van der Waals surface area contributed by atoms with Gasteiger partial charge in [0.1, 0.15) is 11.3 Å². The van der Waals surface area contributed by atoms with Crippen LogP contribution in [0.15, 0.2) is 54.6 Å². The fraction of sp³-hybridized carbons (Fsp3) is 0.111. The van der Waals surface area contributed by atoms with E-state index in [1.165, 1.54) is 0 Å². The van der Waals surface area contributed by atoms with Crippen LogP contribution < -0.4 is 4.74 Å². The molecule has 0 aliphatic carbocycles. The van der Waals surface area contributed by atoms with Crippen molar-refractivity contribution >= 4 is 16.7 Å². The average molecular weight is 277 g/mol. The van der Waals surface area contributed by atoms with Crippen molar-refractivity contribution in [2.75, 3.05) is 0 Å². The summed E-state index contributed by atoms with van der Waals surface area (Å²) in [5.74, 6) is 1.35. The molecule has 3 nitrogen and oxygen atoms in total. The second-order valence-electron chi connectivity index (χ2n) is 4.97. The van der Waals surface area contributed by atoms with Gasteiger partial charge in [-0.25, -0.2) is 4.98 Å². The molecule has 0 aliphatic heterocycles. The van der Waals surface area contributed by atoms with Crippen LogP contribution in [0, 0.1) is 6.92 Å². The van der Waals surface area contributed by atoms with Crippen molar-refractivity contribution in [1.82, 2.24) is 4.98 Å². The van der Waals surface area contributed by atoms with Crippen LogP contribution in [0.4, 0.5) is 0 Å². The third kappa shape index (κ3) is 2.77. The van der Waals surface area contributed by atoms with Gasteiger partial charge in [-0.1, -0.05) is 30.3 Å². The second kappa shape index (κ2) is 5.37. The van der Waals surface area contributed by atoms with Crippen LogP contribution in [0.3, 0.4) is 0 Å². The van der Waals surface area contributed by atoms with Gasteiger partial charge in [-0.05, 0) is 38.1 Å². The number of ether oxygens (including phenoxy) is 1. The average Bonchev–Trinajstić information content (AvgIpc) is 2.48. The minimum atomic E-state index is 0.0207. The third-order valence-corrected chi connectivity index (χ3v) is 3.29. The Balaban J connectivity index is 2.04. The molecule has 0 saturated carbocycles. The summed E-state index contributed by atoms with van der Waals surface area (Å²) < 4.78 is 5.92. The summed E-state index contributed by atoms with van der Waals surface area (Å²) in [6.45, 7) is 3.49. The molecule has 3 heteroatoms. The number of aryl methyl sites for hydroxylation is 1. The predicted octanol–water partition coefficient (Wildman–Crippen LogP) is 4.54. The van der Waals surface area contributed by atoms with E-state index < -0.39 is 0 Å². The Hall–Kier alpha value is -2.68. The molecular formula is C18H15NO2. The molecule has 0 radical (unpaired) electrons. The molecule has 0 atom stereocenters. The lowest BCUT2D eigenvalue weighted by Gasteiger charge is -2.09. The molecule has 104 valence electrons. The standard InChI is InChI=1S/C18H15NO2/c1-12-9-10-14-5-4-8-17(18(14)19-12)21-16-7-3-6-15(11-16)13(2)20/h3-11H,1-2H3. The lowest BCUT2D eigenvalue weighted by molar-refractivity contribution is 0.101. The van der Waals surface area contributed by atoms with Gasteiger partial charge >= 0.3 is 0 Å². The summed E-state index contributed by atoms with van der Waals surface area (Å²) in [5, 5.41) is 1.03. The van der Waals surface area contributed by atoms with Crippen molar-refractivity contribution in [3.05, 3.63) is 65.9 Å². The fourth-order valence-corrected chi connectivity index (χ4v) is 2.21. The first-order valence-electron chi connectivity index (χ1n) is 6.79. The Morgan fingerprint density at radius 3 is 2.67 bits per heavy atom. The Labute approximate surface area is 123 Å². The quantitative estimate of drug-likeness (QED) is 0.660. The van der Waals surface area contributed by atoms with Crippen LogP contribution >= 0.6 is 0 Å². The second-order valence-corrected chi connectivity index (χ2v) is 4.97. The van der Waals surface area contributed by atoms with Crippen molar-refractivity contribution in [2.24, 2.45) is 0 Å². The summed E-state index contributed by atoms with van der Waals surface area (Å²) in [7, 11) is 0. The highest BCUT2D eigenvalue weighted by molar-refractivity contribution is 5.94. The maximum Gasteiger partial charge on any atom is 0.159 e. The first kappa shape index (κ1) is 13.3. The molecule has 1 heterocycles. The summed E-state index contributed by atoms with van der Waals surface area (Å²) in [6.07, 6.45) is 0. The van der Waals surface area contributed by atoms with Crippen LogP contribution in [0.1, 0.15) is 23.0 Å². The molecule has 1 aromatic heterocycles. The van der Waals surface area contributed by atoms with E-state index in [2.05, 4.69) is 4.98 Å². The van der Waals surface area contributed by atoms with Gasteiger partial charge in [0.25, 0.3) is 0 Å². The predicted molar refractivity (Wildman–Crippen MR) is 83.0 cm³/mol. The number of Topliss-reactive ketones (excluding diaryl/α,β-unsaturated/α-hetero) is 1. The number of pyridine rings is 1. The Morgan fingerprint density at radius 1 is 1.05 bits per heavy atom. The van der Waals surface area contributed by atoms with Crippen LogP contribution in [-0.4, -0.2) is 10.8 Å². The minimum Gasteiger partial charge on any atom is -0.455 e. The highest BCUT2D eigenvalue weighted by Gasteiger charge is 2.07. The van der Waals surface area contributed by atoms with E-state index in [1.54, 1.807) is 19.1 Å². The van der Waals surface area contributed by atoms with Crippen LogP contribution in [0.25, 0.3) is 10.9 Å². The summed E-state index contributed by atoms with van der Waals surface area (Å²) in [5.41, 5.74) is 2.40. The van der Waals surface area contributed by atoms with Gasteiger partial charge in [0.2, 0.25) is 0 Å². The summed E-state index contributed by atoms with van der Waals surface area (Å²) in [4.78, 5) is 16.0. The minimum absolute atomic E-state index is 0.0207. The van der Waals surface area contributed by atoms with E-state index in [4.69, 9.17) is 4.74 Å². The van der Waals surface area contributed by atoms with E-state index >= 15 is 0 Å². The van der Waals surface area contributed by atoms with E-state index in [0.29, 0.717) is 17.1 Å². The van der Waals surface area contributed by atoms with E-state index in [0.717, 1.165) is 16.6 Å². The van der Waals surface area contributed by atoms with E-state index in [-0.39, 0.29) is 5.78 Å². The van der Waals surface area contributed by atoms with E-state index in [1.807, 2.05) is 49.4 Å². The smallest absolute Gasteiger partial charge is 0.159 e. The number of benzene rings is 2. The molecule has 0 spiro atoms. The van der Waals surface area contributed by atoms with Gasteiger partial charge in [0.05, 0.1) is 0 Å². The number of hydrogen-bond donors (Lipinski definition) is 0. The third-order valence-electron chi connectivity index (χ3n) is 3.29. The zero-order valence-electron chi connectivity index (χ0n) is 12.0. The number of ketones is 1.